The molecule has 3 nitrogen and oxygen atoms in total. The Morgan fingerprint density at radius 1 is 1.54 bits per heavy atom. The maximum atomic E-state index is 4.27. The molecule has 1 aromatic heterocycles. The lowest BCUT2D eigenvalue weighted by molar-refractivity contribution is 0.209. The zero-order valence-electron chi connectivity index (χ0n) is 8.54. The summed E-state index contributed by atoms with van der Waals surface area (Å²) in [5.74, 6) is 1.82. The predicted molar refractivity (Wildman–Crippen MR) is 53.7 cm³/mol. The molecule has 3 heteroatoms. The van der Waals surface area contributed by atoms with Crippen LogP contribution in [0.4, 0.5) is 5.82 Å². The van der Waals surface area contributed by atoms with E-state index in [0.29, 0.717) is 11.3 Å². The van der Waals surface area contributed by atoms with Crippen molar-refractivity contribution in [1.82, 2.24) is 9.78 Å². The van der Waals surface area contributed by atoms with Gasteiger partial charge in [-0.1, -0.05) is 20.8 Å². The van der Waals surface area contributed by atoms with Gasteiger partial charge in [-0.2, -0.15) is 5.10 Å². The summed E-state index contributed by atoms with van der Waals surface area (Å²) in [7, 11) is 0. The van der Waals surface area contributed by atoms with Gasteiger partial charge in [-0.3, -0.25) is 0 Å². The Morgan fingerprint density at radius 3 is 3.00 bits per heavy atom. The fraction of sp³-hybridized carbons (Fsp3) is 0.700. The Bertz CT molecular complexity index is 295. The van der Waals surface area contributed by atoms with Crippen LogP contribution < -0.4 is 5.32 Å². The molecule has 0 bridgehead atoms. The van der Waals surface area contributed by atoms with Gasteiger partial charge >= 0.3 is 0 Å². The number of hydrogen-bond donors (Lipinski definition) is 1. The van der Waals surface area contributed by atoms with E-state index in [1.807, 2.05) is 12.3 Å². The van der Waals surface area contributed by atoms with Gasteiger partial charge in [-0.15, -0.1) is 0 Å². The smallest absolute Gasteiger partial charge is 0.124 e. The quantitative estimate of drug-likeness (QED) is 0.660. The van der Waals surface area contributed by atoms with Crippen LogP contribution in [0.3, 0.4) is 0 Å². The standard InChI is InChI=1S/C10H17N3/c1-10(2,3)8-6-11-9-4-5-12-13(9)7-8/h4-5,8,11H,6-7H2,1-3H3. The van der Waals surface area contributed by atoms with Crippen molar-refractivity contribution in [2.24, 2.45) is 11.3 Å². The molecule has 13 heavy (non-hydrogen) atoms. The topological polar surface area (TPSA) is 29.9 Å². The van der Waals surface area contributed by atoms with E-state index in [1.165, 1.54) is 0 Å². The summed E-state index contributed by atoms with van der Waals surface area (Å²) in [6, 6.07) is 2.03. The van der Waals surface area contributed by atoms with Gasteiger partial charge in [0.05, 0.1) is 6.20 Å². The molecule has 0 saturated carbocycles. The number of rotatable bonds is 0. The van der Waals surface area contributed by atoms with Crippen LogP contribution >= 0.6 is 0 Å². The lowest BCUT2D eigenvalue weighted by Crippen LogP contribution is -2.36. The highest BCUT2D eigenvalue weighted by atomic mass is 15.3. The molecule has 0 saturated heterocycles. The fourth-order valence-corrected chi connectivity index (χ4v) is 1.71. The third-order valence-electron chi connectivity index (χ3n) is 2.86. The fourth-order valence-electron chi connectivity index (χ4n) is 1.71. The molecule has 0 spiro atoms. The molecule has 2 rings (SSSR count). The van der Waals surface area contributed by atoms with Crippen molar-refractivity contribution >= 4 is 5.82 Å². The van der Waals surface area contributed by atoms with Crippen molar-refractivity contribution in [2.45, 2.75) is 27.3 Å². The second-order valence-corrected chi connectivity index (χ2v) is 4.84. The Kier molecular flexibility index (Phi) is 1.82. The summed E-state index contributed by atoms with van der Waals surface area (Å²) in [6.07, 6.45) is 1.85. The van der Waals surface area contributed by atoms with Gasteiger partial charge in [0.1, 0.15) is 5.82 Å². The average molecular weight is 179 g/mol. The minimum absolute atomic E-state index is 0.358. The molecule has 0 amide bonds. The van der Waals surface area contributed by atoms with E-state index in [1.54, 1.807) is 0 Å². The van der Waals surface area contributed by atoms with E-state index in [9.17, 15) is 0 Å². The molecule has 1 aliphatic heterocycles. The van der Waals surface area contributed by atoms with Crippen LogP contribution in [0.25, 0.3) is 0 Å². The predicted octanol–water partition coefficient (Wildman–Crippen LogP) is 1.97. The number of nitrogens with one attached hydrogen (secondary N) is 1. The maximum Gasteiger partial charge on any atom is 0.124 e. The van der Waals surface area contributed by atoms with E-state index < -0.39 is 0 Å². The van der Waals surface area contributed by atoms with E-state index in [0.717, 1.165) is 18.9 Å². The van der Waals surface area contributed by atoms with Crippen LogP contribution in [0, 0.1) is 11.3 Å². The van der Waals surface area contributed by atoms with E-state index >= 15 is 0 Å². The van der Waals surface area contributed by atoms with Crippen LogP contribution in [0.1, 0.15) is 20.8 Å². The highest BCUT2D eigenvalue weighted by molar-refractivity contribution is 5.35. The lowest BCUT2D eigenvalue weighted by Gasteiger charge is -2.34. The summed E-state index contributed by atoms with van der Waals surface area (Å²) in [5, 5.41) is 7.67. The van der Waals surface area contributed by atoms with Crippen LogP contribution in [0.2, 0.25) is 0 Å². The highest BCUT2D eigenvalue weighted by Crippen LogP contribution is 2.30. The van der Waals surface area contributed by atoms with Crippen LogP contribution in [-0.4, -0.2) is 16.3 Å². The molecule has 0 radical (unpaired) electrons. The molecule has 72 valence electrons. The Balaban J connectivity index is 2.18. The molecule has 1 aromatic rings. The van der Waals surface area contributed by atoms with Crippen molar-refractivity contribution in [3.63, 3.8) is 0 Å². The minimum Gasteiger partial charge on any atom is -0.370 e. The Hall–Kier alpha value is -0.990. The van der Waals surface area contributed by atoms with Gasteiger partial charge in [-0.05, 0) is 5.41 Å². The SMILES string of the molecule is CC(C)(C)C1CNc2ccnn2C1. The first-order chi connectivity index (χ1) is 6.07. The maximum absolute atomic E-state index is 4.27. The number of anilines is 1. The second kappa shape index (κ2) is 2.76. The molecule has 2 heterocycles. The minimum atomic E-state index is 0.358. The molecular weight excluding hydrogens is 162 g/mol. The first-order valence-corrected chi connectivity index (χ1v) is 4.83. The van der Waals surface area contributed by atoms with Gasteiger partial charge in [-0.25, -0.2) is 4.68 Å². The summed E-state index contributed by atoms with van der Waals surface area (Å²) >= 11 is 0. The number of fused-ring (bicyclic) bond motifs is 1. The molecular formula is C10H17N3. The first kappa shape index (κ1) is 8.60. The largest absolute Gasteiger partial charge is 0.370 e. The normalized spacial score (nSPS) is 22.2. The molecule has 1 aliphatic rings. The van der Waals surface area contributed by atoms with Crippen molar-refractivity contribution < 1.29 is 0 Å². The molecule has 0 aromatic carbocycles. The lowest BCUT2D eigenvalue weighted by atomic mass is 9.80. The van der Waals surface area contributed by atoms with E-state index in [4.69, 9.17) is 0 Å². The average Bonchev–Trinajstić information content (AvgIpc) is 2.47. The van der Waals surface area contributed by atoms with Crippen LogP contribution in [-0.2, 0) is 6.54 Å². The van der Waals surface area contributed by atoms with Gasteiger partial charge < -0.3 is 5.32 Å². The summed E-state index contributed by atoms with van der Waals surface area (Å²) < 4.78 is 2.05. The summed E-state index contributed by atoms with van der Waals surface area (Å²) in [4.78, 5) is 0. The number of aromatic nitrogens is 2. The van der Waals surface area contributed by atoms with E-state index in [2.05, 4.69) is 35.9 Å². The van der Waals surface area contributed by atoms with E-state index in [-0.39, 0.29) is 0 Å². The zero-order chi connectivity index (χ0) is 9.47. The molecule has 1 N–H and O–H groups in total. The van der Waals surface area contributed by atoms with Crippen molar-refractivity contribution in [3.8, 4) is 0 Å². The van der Waals surface area contributed by atoms with Gasteiger partial charge in [0.15, 0.2) is 0 Å². The van der Waals surface area contributed by atoms with Crippen molar-refractivity contribution in [3.05, 3.63) is 12.3 Å². The van der Waals surface area contributed by atoms with Gasteiger partial charge in [0.2, 0.25) is 0 Å². The number of hydrogen-bond acceptors (Lipinski definition) is 2. The molecule has 0 aliphatic carbocycles. The Labute approximate surface area is 79.1 Å². The Morgan fingerprint density at radius 2 is 2.31 bits per heavy atom. The van der Waals surface area contributed by atoms with Crippen LogP contribution in [0.15, 0.2) is 12.3 Å². The number of nitrogens with zero attached hydrogens (tertiary/aromatic N) is 2. The van der Waals surface area contributed by atoms with Gasteiger partial charge in [0.25, 0.3) is 0 Å². The monoisotopic (exact) mass is 179 g/mol. The molecule has 1 unspecified atom stereocenters. The van der Waals surface area contributed by atoms with Crippen molar-refractivity contribution in [1.29, 1.82) is 0 Å². The van der Waals surface area contributed by atoms with Crippen molar-refractivity contribution in [2.75, 3.05) is 11.9 Å². The first-order valence-electron chi connectivity index (χ1n) is 4.83. The highest BCUT2D eigenvalue weighted by Gasteiger charge is 2.28. The second-order valence-electron chi connectivity index (χ2n) is 4.84. The molecule has 0 fully saturated rings. The third kappa shape index (κ3) is 1.55. The third-order valence-corrected chi connectivity index (χ3v) is 2.86. The summed E-state index contributed by atoms with van der Waals surface area (Å²) in [5.41, 5.74) is 0.358. The zero-order valence-corrected chi connectivity index (χ0v) is 8.54. The summed E-state index contributed by atoms with van der Waals surface area (Å²) in [6.45, 7) is 8.96. The van der Waals surface area contributed by atoms with Gasteiger partial charge in [0, 0.05) is 25.1 Å². The molecule has 1 atom stereocenters. The van der Waals surface area contributed by atoms with Crippen LogP contribution in [0.5, 0.6) is 0 Å².